The summed E-state index contributed by atoms with van der Waals surface area (Å²) >= 11 is 0. The third-order valence-electron chi connectivity index (χ3n) is 3.14. The molecule has 0 saturated heterocycles. The second-order valence-electron chi connectivity index (χ2n) is 4.57. The Hall–Kier alpha value is -1.54. The summed E-state index contributed by atoms with van der Waals surface area (Å²) in [5, 5.41) is 4.73. The molecule has 1 aliphatic heterocycles. The largest absolute Gasteiger partial charge is 0.355 e. The summed E-state index contributed by atoms with van der Waals surface area (Å²) in [5.74, 6) is 0.621. The number of H-pyrrole nitrogens is 1. The number of para-hydroxylation sites is 1. The highest BCUT2D eigenvalue weighted by Gasteiger charge is 2.12. The molecule has 2 heterocycles. The normalized spacial score (nSPS) is 21.1. The van der Waals surface area contributed by atoms with Gasteiger partial charge in [0.05, 0.1) is 0 Å². The quantitative estimate of drug-likeness (QED) is 0.747. The lowest BCUT2D eigenvalue weighted by molar-refractivity contribution is 0.606. The topological polar surface area (TPSA) is 27.8 Å². The van der Waals surface area contributed by atoms with Gasteiger partial charge in [-0.15, -0.1) is 0 Å². The molecule has 0 radical (unpaired) electrons. The molecular formula is C14H16N2. The van der Waals surface area contributed by atoms with Gasteiger partial charge < -0.3 is 10.3 Å². The molecule has 0 saturated carbocycles. The van der Waals surface area contributed by atoms with Crippen molar-refractivity contribution in [2.45, 2.75) is 6.92 Å². The van der Waals surface area contributed by atoms with Crippen molar-refractivity contribution in [3.05, 3.63) is 42.1 Å². The van der Waals surface area contributed by atoms with Crippen LogP contribution in [0, 0.1) is 5.92 Å². The summed E-state index contributed by atoms with van der Waals surface area (Å²) in [6.07, 6.45) is 2.36. The van der Waals surface area contributed by atoms with Crippen molar-refractivity contribution < 1.29 is 0 Å². The molecule has 0 bridgehead atoms. The molecule has 1 aromatic carbocycles. The molecule has 0 fully saturated rings. The Balaban J connectivity index is 2.05. The van der Waals surface area contributed by atoms with Crippen LogP contribution in [-0.2, 0) is 0 Å². The van der Waals surface area contributed by atoms with Crippen LogP contribution in [-0.4, -0.2) is 18.1 Å². The summed E-state index contributed by atoms with van der Waals surface area (Å²) in [4.78, 5) is 3.48. The van der Waals surface area contributed by atoms with E-state index in [0.717, 1.165) is 13.1 Å². The molecule has 0 aliphatic carbocycles. The summed E-state index contributed by atoms with van der Waals surface area (Å²) in [6, 6.07) is 10.7. The molecule has 2 aromatic rings. The fourth-order valence-electron chi connectivity index (χ4n) is 2.33. The first-order valence-electron chi connectivity index (χ1n) is 5.82. The van der Waals surface area contributed by atoms with E-state index in [-0.39, 0.29) is 0 Å². The molecule has 16 heavy (non-hydrogen) atoms. The molecule has 2 heteroatoms. The molecule has 1 atom stereocenters. The standard InChI is InChI=1S/C14H16N2/c1-10-6-12(9-15-8-10)14-7-11-4-2-3-5-13(11)16-14/h2-7,10,15-16H,8-9H2,1H3/t10-/m0/s1. The van der Waals surface area contributed by atoms with Crippen LogP contribution in [0.4, 0.5) is 0 Å². The third-order valence-corrected chi connectivity index (χ3v) is 3.14. The van der Waals surface area contributed by atoms with Gasteiger partial charge in [0.1, 0.15) is 0 Å². The Kier molecular flexibility index (Phi) is 2.29. The maximum Gasteiger partial charge on any atom is 0.0458 e. The SMILES string of the molecule is C[C@H]1C=C(c2cc3ccccc3[nH]2)CNC1. The van der Waals surface area contributed by atoms with Gasteiger partial charge in [0.15, 0.2) is 0 Å². The van der Waals surface area contributed by atoms with Crippen molar-refractivity contribution in [3.8, 4) is 0 Å². The van der Waals surface area contributed by atoms with E-state index in [1.54, 1.807) is 0 Å². The molecular weight excluding hydrogens is 196 g/mol. The Morgan fingerprint density at radius 2 is 2.12 bits per heavy atom. The van der Waals surface area contributed by atoms with Gasteiger partial charge in [-0.2, -0.15) is 0 Å². The minimum Gasteiger partial charge on any atom is -0.355 e. The lowest BCUT2D eigenvalue weighted by Crippen LogP contribution is -2.27. The summed E-state index contributed by atoms with van der Waals surface area (Å²) in [5.41, 5.74) is 3.85. The first-order valence-corrected chi connectivity index (χ1v) is 5.82. The fraction of sp³-hybridized carbons (Fsp3) is 0.286. The highest BCUT2D eigenvalue weighted by molar-refractivity contribution is 5.85. The van der Waals surface area contributed by atoms with Gasteiger partial charge in [-0.1, -0.05) is 31.2 Å². The average Bonchev–Trinajstić information content (AvgIpc) is 2.72. The zero-order valence-electron chi connectivity index (χ0n) is 9.46. The highest BCUT2D eigenvalue weighted by atomic mass is 14.9. The zero-order chi connectivity index (χ0) is 11.0. The molecule has 82 valence electrons. The van der Waals surface area contributed by atoms with Crippen molar-refractivity contribution in [3.63, 3.8) is 0 Å². The summed E-state index contributed by atoms with van der Waals surface area (Å²) in [7, 11) is 0. The van der Waals surface area contributed by atoms with E-state index in [1.807, 2.05) is 0 Å². The maximum absolute atomic E-state index is 3.48. The van der Waals surface area contributed by atoms with Crippen molar-refractivity contribution in [2.24, 2.45) is 5.92 Å². The van der Waals surface area contributed by atoms with E-state index < -0.39 is 0 Å². The van der Waals surface area contributed by atoms with Gasteiger partial charge >= 0.3 is 0 Å². The van der Waals surface area contributed by atoms with Gasteiger partial charge in [-0.05, 0) is 29.0 Å². The Labute approximate surface area is 95.4 Å². The monoisotopic (exact) mass is 212 g/mol. The van der Waals surface area contributed by atoms with Crippen LogP contribution in [0.3, 0.4) is 0 Å². The number of benzene rings is 1. The van der Waals surface area contributed by atoms with E-state index in [2.05, 4.69) is 53.6 Å². The van der Waals surface area contributed by atoms with Crippen LogP contribution >= 0.6 is 0 Å². The van der Waals surface area contributed by atoms with Crippen LogP contribution in [0.2, 0.25) is 0 Å². The predicted octanol–water partition coefficient (Wildman–Crippen LogP) is 2.79. The van der Waals surface area contributed by atoms with E-state index in [4.69, 9.17) is 0 Å². The highest BCUT2D eigenvalue weighted by Crippen LogP contribution is 2.23. The van der Waals surface area contributed by atoms with Gasteiger partial charge in [0.25, 0.3) is 0 Å². The number of aromatic amines is 1. The van der Waals surface area contributed by atoms with Gasteiger partial charge in [-0.3, -0.25) is 0 Å². The first kappa shape index (κ1) is 9.67. The number of rotatable bonds is 1. The molecule has 1 aliphatic rings. The van der Waals surface area contributed by atoms with Gasteiger partial charge in [0, 0.05) is 24.3 Å². The molecule has 3 rings (SSSR count). The average molecular weight is 212 g/mol. The van der Waals surface area contributed by atoms with Crippen molar-refractivity contribution >= 4 is 16.5 Å². The maximum atomic E-state index is 3.48. The summed E-state index contributed by atoms with van der Waals surface area (Å²) < 4.78 is 0. The van der Waals surface area contributed by atoms with Crippen LogP contribution in [0.25, 0.3) is 16.5 Å². The molecule has 0 spiro atoms. The van der Waals surface area contributed by atoms with E-state index in [1.165, 1.54) is 22.2 Å². The lowest BCUT2D eigenvalue weighted by atomic mass is 10.0. The van der Waals surface area contributed by atoms with Crippen LogP contribution in [0.15, 0.2) is 36.4 Å². The number of hydrogen-bond donors (Lipinski definition) is 2. The molecule has 0 amide bonds. The number of aromatic nitrogens is 1. The van der Waals surface area contributed by atoms with E-state index in [0.29, 0.717) is 5.92 Å². The number of nitrogens with one attached hydrogen (secondary N) is 2. The lowest BCUT2D eigenvalue weighted by Gasteiger charge is -2.18. The zero-order valence-corrected chi connectivity index (χ0v) is 9.46. The number of fused-ring (bicyclic) bond motifs is 1. The van der Waals surface area contributed by atoms with E-state index in [9.17, 15) is 0 Å². The molecule has 2 nitrogen and oxygen atoms in total. The van der Waals surface area contributed by atoms with Crippen molar-refractivity contribution in [1.82, 2.24) is 10.3 Å². The second-order valence-corrected chi connectivity index (χ2v) is 4.57. The fourth-order valence-corrected chi connectivity index (χ4v) is 2.33. The third kappa shape index (κ3) is 1.65. The van der Waals surface area contributed by atoms with Crippen molar-refractivity contribution in [2.75, 3.05) is 13.1 Å². The van der Waals surface area contributed by atoms with Crippen LogP contribution < -0.4 is 5.32 Å². The smallest absolute Gasteiger partial charge is 0.0458 e. The molecule has 1 aromatic heterocycles. The Morgan fingerprint density at radius 3 is 2.94 bits per heavy atom. The predicted molar refractivity (Wildman–Crippen MR) is 68.3 cm³/mol. The minimum atomic E-state index is 0.621. The Morgan fingerprint density at radius 1 is 1.25 bits per heavy atom. The minimum absolute atomic E-state index is 0.621. The van der Waals surface area contributed by atoms with E-state index >= 15 is 0 Å². The number of hydrogen-bond acceptors (Lipinski definition) is 1. The summed E-state index contributed by atoms with van der Waals surface area (Å²) in [6.45, 7) is 4.30. The van der Waals surface area contributed by atoms with Crippen molar-refractivity contribution in [1.29, 1.82) is 0 Å². The second kappa shape index (κ2) is 3.80. The Bertz CT molecular complexity index is 503. The molecule has 0 unspecified atom stereocenters. The van der Waals surface area contributed by atoms with Crippen LogP contribution in [0.5, 0.6) is 0 Å². The van der Waals surface area contributed by atoms with Gasteiger partial charge in [-0.25, -0.2) is 0 Å². The molecule has 2 N–H and O–H groups in total. The van der Waals surface area contributed by atoms with Crippen LogP contribution in [0.1, 0.15) is 12.6 Å². The van der Waals surface area contributed by atoms with Gasteiger partial charge in [0.2, 0.25) is 0 Å². The first-order chi connectivity index (χ1) is 7.83.